The molecule has 0 atom stereocenters. The highest BCUT2D eigenvalue weighted by Crippen LogP contribution is 2.21. The fraction of sp³-hybridized carbons (Fsp3) is 0.167. The Morgan fingerprint density at radius 1 is 1.50 bits per heavy atom. The number of ether oxygens (including phenoxy) is 1. The molecule has 1 aromatic carbocycles. The fourth-order valence-corrected chi connectivity index (χ4v) is 2.05. The van der Waals surface area contributed by atoms with Gasteiger partial charge in [0.25, 0.3) is 0 Å². The standard InChI is InChI=1S/C12H12IN3O2/c1-7-3-4-8(5-9(7)13)16-6-15-10(11(16)14)12(17)18-2/h3-6H,14H2,1-2H3. The van der Waals surface area contributed by atoms with E-state index in [2.05, 4.69) is 32.3 Å². The van der Waals surface area contributed by atoms with Crippen LogP contribution in [0.2, 0.25) is 0 Å². The number of carbonyl (C=O) groups is 1. The first-order valence-corrected chi connectivity index (χ1v) is 6.30. The smallest absolute Gasteiger partial charge is 0.360 e. The van der Waals surface area contributed by atoms with Crippen molar-refractivity contribution in [3.63, 3.8) is 0 Å². The van der Waals surface area contributed by atoms with E-state index in [-0.39, 0.29) is 11.5 Å². The number of methoxy groups -OCH3 is 1. The molecule has 0 aliphatic heterocycles. The fourth-order valence-electron chi connectivity index (χ4n) is 1.55. The SMILES string of the molecule is COC(=O)c1ncn(-c2ccc(C)c(I)c2)c1N. The minimum Gasteiger partial charge on any atom is -0.464 e. The first-order valence-electron chi connectivity index (χ1n) is 5.22. The molecule has 1 heterocycles. The van der Waals surface area contributed by atoms with Gasteiger partial charge in [0.2, 0.25) is 0 Å². The number of imidazole rings is 1. The van der Waals surface area contributed by atoms with Crippen molar-refractivity contribution in [1.82, 2.24) is 9.55 Å². The van der Waals surface area contributed by atoms with Crippen LogP contribution in [0.5, 0.6) is 0 Å². The lowest BCUT2D eigenvalue weighted by atomic mass is 10.2. The number of aryl methyl sites for hydroxylation is 1. The highest BCUT2D eigenvalue weighted by molar-refractivity contribution is 14.1. The molecular weight excluding hydrogens is 345 g/mol. The van der Waals surface area contributed by atoms with Crippen LogP contribution in [0.15, 0.2) is 24.5 Å². The number of halogens is 1. The second kappa shape index (κ2) is 4.97. The predicted octanol–water partition coefficient (Wildman–Crippen LogP) is 2.15. The lowest BCUT2D eigenvalue weighted by Gasteiger charge is -2.07. The van der Waals surface area contributed by atoms with Gasteiger partial charge in [-0.15, -0.1) is 0 Å². The minimum atomic E-state index is -0.534. The van der Waals surface area contributed by atoms with Gasteiger partial charge in [-0.3, -0.25) is 4.57 Å². The van der Waals surface area contributed by atoms with Gasteiger partial charge in [0, 0.05) is 9.26 Å². The number of esters is 1. The van der Waals surface area contributed by atoms with Crippen LogP contribution < -0.4 is 5.73 Å². The molecule has 2 rings (SSSR count). The number of nitrogen functional groups attached to an aromatic ring is 1. The number of hydrogen-bond acceptors (Lipinski definition) is 4. The third kappa shape index (κ3) is 2.20. The van der Waals surface area contributed by atoms with Crippen LogP contribution in [0.4, 0.5) is 5.82 Å². The molecule has 0 aliphatic rings. The molecule has 2 aromatic rings. The van der Waals surface area contributed by atoms with Gasteiger partial charge in [-0.2, -0.15) is 0 Å². The van der Waals surface area contributed by atoms with E-state index in [0.717, 1.165) is 9.26 Å². The van der Waals surface area contributed by atoms with E-state index in [4.69, 9.17) is 5.73 Å². The zero-order valence-electron chi connectivity index (χ0n) is 9.98. The molecule has 0 amide bonds. The van der Waals surface area contributed by atoms with Crippen LogP contribution >= 0.6 is 22.6 Å². The van der Waals surface area contributed by atoms with Gasteiger partial charge in [0.05, 0.1) is 7.11 Å². The van der Waals surface area contributed by atoms with Crippen molar-refractivity contribution in [3.05, 3.63) is 39.4 Å². The Hall–Kier alpha value is -1.57. The average Bonchev–Trinajstić information content (AvgIpc) is 2.74. The largest absolute Gasteiger partial charge is 0.464 e. The van der Waals surface area contributed by atoms with Crippen molar-refractivity contribution in [2.24, 2.45) is 0 Å². The Morgan fingerprint density at radius 2 is 2.22 bits per heavy atom. The first kappa shape index (κ1) is 12.9. The summed E-state index contributed by atoms with van der Waals surface area (Å²) >= 11 is 2.25. The normalized spacial score (nSPS) is 10.4. The van der Waals surface area contributed by atoms with Crippen LogP contribution in [-0.2, 0) is 4.74 Å². The summed E-state index contributed by atoms with van der Waals surface area (Å²) in [6.45, 7) is 2.03. The summed E-state index contributed by atoms with van der Waals surface area (Å²) in [5.74, 6) is -0.255. The number of nitrogens with two attached hydrogens (primary N) is 1. The molecule has 0 radical (unpaired) electrons. The van der Waals surface area contributed by atoms with Crippen LogP contribution in [0, 0.1) is 10.5 Å². The van der Waals surface area contributed by atoms with E-state index in [0.29, 0.717) is 0 Å². The quantitative estimate of drug-likeness (QED) is 0.661. The molecule has 0 saturated carbocycles. The van der Waals surface area contributed by atoms with Crippen LogP contribution in [-0.4, -0.2) is 22.6 Å². The molecule has 6 heteroatoms. The number of hydrogen-bond donors (Lipinski definition) is 1. The Morgan fingerprint density at radius 3 is 2.83 bits per heavy atom. The second-order valence-corrected chi connectivity index (χ2v) is 4.94. The lowest BCUT2D eigenvalue weighted by Crippen LogP contribution is -2.07. The van der Waals surface area contributed by atoms with Crippen molar-refractivity contribution >= 4 is 34.4 Å². The maximum atomic E-state index is 11.4. The third-order valence-corrected chi connectivity index (χ3v) is 3.78. The second-order valence-electron chi connectivity index (χ2n) is 3.77. The first-order chi connectivity index (χ1) is 8.54. The Kier molecular flexibility index (Phi) is 3.55. The maximum absolute atomic E-state index is 11.4. The molecule has 0 saturated heterocycles. The molecule has 0 unspecified atom stereocenters. The van der Waals surface area contributed by atoms with Gasteiger partial charge in [0.1, 0.15) is 12.1 Å². The summed E-state index contributed by atoms with van der Waals surface area (Å²) in [5.41, 5.74) is 8.08. The number of anilines is 1. The van der Waals surface area contributed by atoms with E-state index in [1.165, 1.54) is 19.0 Å². The number of benzene rings is 1. The molecule has 0 fully saturated rings. The van der Waals surface area contributed by atoms with E-state index in [9.17, 15) is 4.79 Å². The zero-order valence-corrected chi connectivity index (χ0v) is 12.1. The summed E-state index contributed by atoms with van der Waals surface area (Å²) in [6, 6.07) is 5.90. The van der Waals surface area contributed by atoms with Crippen molar-refractivity contribution in [3.8, 4) is 5.69 Å². The monoisotopic (exact) mass is 357 g/mol. The van der Waals surface area contributed by atoms with E-state index >= 15 is 0 Å². The molecule has 5 nitrogen and oxygen atoms in total. The summed E-state index contributed by atoms with van der Waals surface area (Å²) in [7, 11) is 1.30. The summed E-state index contributed by atoms with van der Waals surface area (Å²) in [6.07, 6.45) is 1.52. The molecule has 94 valence electrons. The number of nitrogens with zero attached hydrogens (tertiary/aromatic N) is 2. The van der Waals surface area contributed by atoms with Gasteiger partial charge in [0.15, 0.2) is 5.69 Å². The Bertz CT molecular complexity index is 607. The molecule has 0 aliphatic carbocycles. The number of aromatic nitrogens is 2. The van der Waals surface area contributed by atoms with E-state index in [1.807, 2.05) is 25.1 Å². The summed E-state index contributed by atoms with van der Waals surface area (Å²) in [4.78, 5) is 15.4. The van der Waals surface area contributed by atoms with Gasteiger partial charge in [-0.1, -0.05) is 6.07 Å². The topological polar surface area (TPSA) is 70.1 Å². The average molecular weight is 357 g/mol. The molecule has 2 N–H and O–H groups in total. The Labute approximate surface area is 118 Å². The summed E-state index contributed by atoms with van der Waals surface area (Å²) < 4.78 is 7.40. The highest BCUT2D eigenvalue weighted by Gasteiger charge is 2.16. The van der Waals surface area contributed by atoms with Crippen molar-refractivity contribution < 1.29 is 9.53 Å². The third-order valence-electron chi connectivity index (χ3n) is 2.62. The molecule has 0 spiro atoms. The zero-order chi connectivity index (χ0) is 13.3. The van der Waals surface area contributed by atoms with Crippen LogP contribution in [0.1, 0.15) is 16.1 Å². The van der Waals surface area contributed by atoms with Crippen LogP contribution in [0.3, 0.4) is 0 Å². The van der Waals surface area contributed by atoms with Crippen molar-refractivity contribution in [2.75, 3.05) is 12.8 Å². The number of carbonyl (C=O) groups excluding carboxylic acids is 1. The summed E-state index contributed by atoms with van der Waals surface area (Å²) in [5, 5.41) is 0. The molecular formula is C12H12IN3O2. The lowest BCUT2D eigenvalue weighted by molar-refractivity contribution is 0.0596. The molecule has 18 heavy (non-hydrogen) atoms. The Balaban J connectivity index is 2.48. The highest BCUT2D eigenvalue weighted by atomic mass is 127. The van der Waals surface area contributed by atoms with Gasteiger partial charge < -0.3 is 10.5 Å². The van der Waals surface area contributed by atoms with Gasteiger partial charge in [-0.05, 0) is 47.2 Å². The minimum absolute atomic E-state index is 0.132. The van der Waals surface area contributed by atoms with Crippen molar-refractivity contribution in [1.29, 1.82) is 0 Å². The maximum Gasteiger partial charge on any atom is 0.360 e. The molecule has 1 aromatic heterocycles. The van der Waals surface area contributed by atoms with Gasteiger partial charge in [-0.25, -0.2) is 9.78 Å². The van der Waals surface area contributed by atoms with Crippen molar-refractivity contribution in [2.45, 2.75) is 6.92 Å². The van der Waals surface area contributed by atoms with Crippen LogP contribution in [0.25, 0.3) is 5.69 Å². The van der Waals surface area contributed by atoms with Gasteiger partial charge >= 0.3 is 5.97 Å². The van der Waals surface area contributed by atoms with E-state index in [1.54, 1.807) is 4.57 Å². The van der Waals surface area contributed by atoms with E-state index < -0.39 is 5.97 Å². The number of rotatable bonds is 2. The molecule has 0 bridgehead atoms. The predicted molar refractivity (Wildman–Crippen MR) is 76.8 cm³/mol.